The summed E-state index contributed by atoms with van der Waals surface area (Å²) in [6.45, 7) is 7.73. The van der Waals surface area contributed by atoms with Gasteiger partial charge in [-0.15, -0.1) is 0 Å². The average Bonchev–Trinajstić information content (AvgIpc) is 2.26. The minimum absolute atomic E-state index is 0.0496. The Morgan fingerprint density at radius 2 is 2.22 bits per heavy atom. The molecule has 0 aliphatic carbocycles. The summed E-state index contributed by atoms with van der Waals surface area (Å²) in [5, 5.41) is 9.33. The van der Waals surface area contributed by atoms with Crippen LogP contribution >= 0.6 is 0 Å². The molecule has 1 fully saturated rings. The van der Waals surface area contributed by atoms with Crippen molar-refractivity contribution in [1.29, 1.82) is 0 Å². The molecule has 0 aromatic heterocycles. The van der Waals surface area contributed by atoms with Crippen molar-refractivity contribution in [2.75, 3.05) is 30.3 Å². The van der Waals surface area contributed by atoms with Crippen molar-refractivity contribution in [2.45, 2.75) is 32.5 Å². The third kappa shape index (κ3) is 2.76. The van der Waals surface area contributed by atoms with Crippen molar-refractivity contribution in [3.05, 3.63) is 23.8 Å². The Labute approximate surface area is 108 Å². The lowest BCUT2D eigenvalue weighted by molar-refractivity contribution is -0.101. The van der Waals surface area contributed by atoms with Gasteiger partial charge in [0.15, 0.2) is 0 Å². The zero-order valence-electron chi connectivity index (χ0n) is 11.3. The largest absolute Gasteiger partial charge is 0.399 e. The standard InChI is InChI=1S/C14H22N2O2/c1-10-6-11(15)4-5-13(10)16-7-12(8-17)18-14(2,3)9-16/h4-6,12,17H,7-9,15H2,1-3H3. The van der Waals surface area contributed by atoms with Gasteiger partial charge < -0.3 is 20.5 Å². The number of nitrogens with zero attached hydrogens (tertiary/aromatic N) is 1. The number of nitrogens with two attached hydrogens (primary N) is 1. The predicted molar refractivity (Wildman–Crippen MR) is 73.8 cm³/mol. The Hall–Kier alpha value is -1.26. The van der Waals surface area contributed by atoms with Crippen molar-refractivity contribution >= 4 is 11.4 Å². The Morgan fingerprint density at radius 1 is 1.50 bits per heavy atom. The van der Waals surface area contributed by atoms with E-state index in [1.54, 1.807) is 0 Å². The van der Waals surface area contributed by atoms with E-state index in [0.717, 1.165) is 17.8 Å². The number of anilines is 2. The second-order valence-electron chi connectivity index (χ2n) is 5.61. The number of hydrogen-bond acceptors (Lipinski definition) is 4. The molecule has 1 aliphatic heterocycles. The second-order valence-corrected chi connectivity index (χ2v) is 5.61. The Balaban J connectivity index is 2.26. The third-order valence-electron chi connectivity index (χ3n) is 3.25. The monoisotopic (exact) mass is 250 g/mol. The highest BCUT2D eigenvalue weighted by Crippen LogP contribution is 2.29. The minimum Gasteiger partial charge on any atom is -0.399 e. The lowest BCUT2D eigenvalue weighted by Gasteiger charge is -2.43. The summed E-state index contributed by atoms with van der Waals surface area (Å²) in [6, 6.07) is 5.94. The molecule has 18 heavy (non-hydrogen) atoms. The van der Waals surface area contributed by atoms with E-state index in [1.165, 1.54) is 5.69 Å². The van der Waals surface area contributed by atoms with Gasteiger partial charge in [-0.1, -0.05) is 0 Å². The van der Waals surface area contributed by atoms with Crippen LogP contribution in [0.4, 0.5) is 11.4 Å². The van der Waals surface area contributed by atoms with Crippen LogP contribution in [-0.4, -0.2) is 36.5 Å². The van der Waals surface area contributed by atoms with Crippen molar-refractivity contribution in [3.63, 3.8) is 0 Å². The molecule has 0 radical (unpaired) electrons. The molecule has 1 aromatic carbocycles. The second kappa shape index (κ2) is 4.78. The molecule has 1 heterocycles. The molecule has 0 saturated carbocycles. The van der Waals surface area contributed by atoms with Crippen molar-refractivity contribution in [3.8, 4) is 0 Å². The Bertz CT molecular complexity index is 432. The smallest absolute Gasteiger partial charge is 0.0988 e. The molecule has 1 atom stereocenters. The molecule has 3 N–H and O–H groups in total. The van der Waals surface area contributed by atoms with Crippen molar-refractivity contribution in [2.24, 2.45) is 0 Å². The van der Waals surface area contributed by atoms with Gasteiger partial charge >= 0.3 is 0 Å². The zero-order valence-corrected chi connectivity index (χ0v) is 11.3. The number of aryl methyl sites for hydroxylation is 1. The van der Waals surface area contributed by atoms with Gasteiger partial charge in [0.05, 0.1) is 18.3 Å². The first kappa shape index (κ1) is 13.2. The van der Waals surface area contributed by atoms with Gasteiger partial charge in [-0.05, 0) is 44.5 Å². The first-order valence-electron chi connectivity index (χ1n) is 6.31. The summed E-state index contributed by atoms with van der Waals surface area (Å²) in [6.07, 6.45) is -0.134. The van der Waals surface area contributed by atoms with Crippen LogP contribution in [0.2, 0.25) is 0 Å². The number of benzene rings is 1. The molecular formula is C14H22N2O2. The SMILES string of the molecule is Cc1cc(N)ccc1N1CC(CO)OC(C)(C)C1. The van der Waals surface area contributed by atoms with E-state index >= 15 is 0 Å². The fraction of sp³-hybridized carbons (Fsp3) is 0.571. The topological polar surface area (TPSA) is 58.7 Å². The van der Waals surface area contributed by atoms with Crippen LogP contribution in [0.25, 0.3) is 0 Å². The average molecular weight is 250 g/mol. The van der Waals surface area contributed by atoms with E-state index in [9.17, 15) is 5.11 Å². The molecule has 0 spiro atoms. The van der Waals surface area contributed by atoms with Crippen LogP contribution in [-0.2, 0) is 4.74 Å². The number of aliphatic hydroxyl groups is 1. The maximum Gasteiger partial charge on any atom is 0.0988 e. The highest BCUT2D eigenvalue weighted by Gasteiger charge is 2.33. The van der Waals surface area contributed by atoms with E-state index in [2.05, 4.69) is 25.7 Å². The van der Waals surface area contributed by atoms with E-state index in [4.69, 9.17) is 10.5 Å². The number of hydrogen-bond donors (Lipinski definition) is 2. The fourth-order valence-corrected chi connectivity index (χ4v) is 2.61. The summed E-state index contributed by atoms with van der Waals surface area (Å²) in [5.41, 5.74) is 8.63. The summed E-state index contributed by atoms with van der Waals surface area (Å²) in [7, 11) is 0. The van der Waals surface area contributed by atoms with E-state index in [1.807, 2.05) is 18.2 Å². The number of morpholine rings is 1. The molecule has 4 heteroatoms. The maximum absolute atomic E-state index is 9.33. The highest BCUT2D eigenvalue weighted by molar-refractivity contribution is 5.59. The molecular weight excluding hydrogens is 228 g/mol. The molecule has 100 valence electrons. The molecule has 1 unspecified atom stereocenters. The number of nitrogen functional groups attached to an aromatic ring is 1. The van der Waals surface area contributed by atoms with Crippen molar-refractivity contribution in [1.82, 2.24) is 0 Å². The molecule has 0 amide bonds. The van der Waals surface area contributed by atoms with E-state index in [0.29, 0.717) is 6.54 Å². The van der Waals surface area contributed by atoms with Gasteiger partial charge in [0, 0.05) is 24.5 Å². The van der Waals surface area contributed by atoms with E-state index in [-0.39, 0.29) is 18.3 Å². The van der Waals surface area contributed by atoms with Crippen LogP contribution in [0.3, 0.4) is 0 Å². The predicted octanol–water partition coefficient (Wildman–Crippen LogP) is 1.55. The number of rotatable bonds is 2. The summed E-state index contributed by atoms with van der Waals surface area (Å²) in [4.78, 5) is 2.26. The highest BCUT2D eigenvalue weighted by atomic mass is 16.5. The van der Waals surface area contributed by atoms with Crippen LogP contribution in [0.1, 0.15) is 19.4 Å². The molecule has 4 nitrogen and oxygen atoms in total. The van der Waals surface area contributed by atoms with Crippen LogP contribution in [0, 0.1) is 6.92 Å². The Morgan fingerprint density at radius 3 is 2.83 bits per heavy atom. The molecule has 1 aromatic rings. The van der Waals surface area contributed by atoms with E-state index < -0.39 is 0 Å². The summed E-state index contributed by atoms with van der Waals surface area (Å²) < 4.78 is 5.82. The lowest BCUT2D eigenvalue weighted by Crippen LogP contribution is -2.54. The van der Waals surface area contributed by atoms with Crippen molar-refractivity contribution < 1.29 is 9.84 Å². The van der Waals surface area contributed by atoms with Gasteiger partial charge in [0.1, 0.15) is 0 Å². The normalized spacial score (nSPS) is 23.1. The fourth-order valence-electron chi connectivity index (χ4n) is 2.61. The Kier molecular flexibility index (Phi) is 3.50. The maximum atomic E-state index is 9.33. The molecule has 0 bridgehead atoms. The van der Waals surface area contributed by atoms with Gasteiger partial charge in [-0.2, -0.15) is 0 Å². The zero-order chi connectivity index (χ0) is 13.3. The molecule has 1 aliphatic rings. The first-order valence-corrected chi connectivity index (χ1v) is 6.31. The van der Waals surface area contributed by atoms with Crippen LogP contribution in [0.15, 0.2) is 18.2 Å². The summed E-state index contributed by atoms with van der Waals surface area (Å²) >= 11 is 0. The van der Waals surface area contributed by atoms with Gasteiger partial charge in [-0.3, -0.25) is 0 Å². The molecule has 2 rings (SSSR count). The minimum atomic E-state index is -0.251. The first-order chi connectivity index (χ1) is 8.41. The lowest BCUT2D eigenvalue weighted by atomic mass is 10.0. The number of aliphatic hydroxyl groups excluding tert-OH is 1. The van der Waals surface area contributed by atoms with Crippen LogP contribution in [0.5, 0.6) is 0 Å². The van der Waals surface area contributed by atoms with Crippen LogP contribution < -0.4 is 10.6 Å². The quantitative estimate of drug-likeness (QED) is 0.782. The number of ether oxygens (including phenoxy) is 1. The molecule has 1 saturated heterocycles. The van der Waals surface area contributed by atoms with Gasteiger partial charge in [0.25, 0.3) is 0 Å². The third-order valence-corrected chi connectivity index (χ3v) is 3.25. The van der Waals surface area contributed by atoms with Gasteiger partial charge in [0.2, 0.25) is 0 Å². The van der Waals surface area contributed by atoms with Gasteiger partial charge in [-0.25, -0.2) is 0 Å². The summed E-state index contributed by atoms with van der Waals surface area (Å²) in [5.74, 6) is 0.